The monoisotopic (exact) mass is 563 g/mol. The van der Waals surface area contributed by atoms with Crippen LogP contribution in [-0.4, -0.2) is 51.6 Å². The Morgan fingerprint density at radius 2 is 1.66 bits per heavy atom. The number of carbonyl (C=O) groups is 3. The largest absolute Gasteiger partial charge is 0.508 e. The van der Waals surface area contributed by atoms with Gasteiger partial charge in [-0.2, -0.15) is 0 Å². The Morgan fingerprint density at radius 3 is 2.22 bits per heavy atom. The molecule has 3 N–H and O–H groups in total. The first kappa shape index (κ1) is 33.2. The van der Waals surface area contributed by atoms with E-state index in [1.807, 2.05) is 27.7 Å². The zero-order valence-electron chi connectivity index (χ0n) is 25.4. The van der Waals surface area contributed by atoms with Gasteiger partial charge in [0.2, 0.25) is 11.8 Å². The van der Waals surface area contributed by atoms with Crippen LogP contribution >= 0.6 is 0 Å². The summed E-state index contributed by atoms with van der Waals surface area (Å²) in [6, 6.07) is 10.9. The van der Waals surface area contributed by atoms with Gasteiger partial charge in [0, 0.05) is 24.1 Å². The summed E-state index contributed by atoms with van der Waals surface area (Å²) in [5.41, 5.74) is 0.969. The first-order valence-electron chi connectivity index (χ1n) is 14.3. The standard InChI is InChI=1S/C33H45N3O5/c1-9-14-22(4)34-30(38)29(27-16-13-12-15-25(27)11-3)36(23(5)10-2)31(39)28(35-32(40)41-33(6,7)8)21-24-17-19-26(37)20-18-24/h3,12-13,15-20,22-23,28-29,37H,9-10,14,21H2,1-2,4-8H3,(H,34,38)(H,35,40). The Bertz CT molecular complexity index is 1210. The third kappa shape index (κ3) is 9.86. The molecule has 4 atom stereocenters. The number of nitrogens with zero attached hydrogens (tertiary/aromatic N) is 1. The van der Waals surface area contributed by atoms with Crippen LogP contribution in [0.3, 0.4) is 0 Å². The maximum absolute atomic E-state index is 14.5. The van der Waals surface area contributed by atoms with E-state index in [0.717, 1.165) is 12.8 Å². The third-order valence-corrected chi connectivity index (χ3v) is 6.73. The molecule has 222 valence electrons. The van der Waals surface area contributed by atoms with E-state index < -0.39 is 29.7 Å². The molecule has 8 heteroatoms. The topological polar surface area (TPSA) is 108 Å². The van der Waals surface area contributed by atoms with Crippen molar-refractivity contribution < 1.29 is 24.2 Å². The number of nitrogens with one attached hydrogen (secondary N) is 2. The SMILES string of the molecule is C#Cc1ccccc1C(C(=O)NC(C)CCC)N(C(=O)C(Cc1ccc(O)cc1)NC(=O)OC(C)(C)C)C(C)CC. The number of phenols is 1. The molecule has 41 heavy (non-hydrogen) atoms. The second-order valence-electron chi connectivity index (χ2n) is 11.4. The molecule has 0 aliphatic carbocycles. The maximum atomic E-state index is 14.5. The fourth-order valence-electron chi connectivity index (χ4n) is 4.60. The van der Waals surface area contributed by atoms with E-state index in [4.69, 9.17) is 11.2 Å². The van der Waals surface area contributed by atoms with Crippen molar-refractivity contribution in [2.75, 3.05) is 0 Å². The zero-order valence-corrected chi connectivity index (χ0v) is 25.4. The zero-order chi connectivity index (χ0) is 30.7. The number of ether oxygens (including phenoxy) is 1. The Balaban J connectivity index is 2.65. The van der Waals surface area contributed by atoms with Gasteiger partial charge in [-0.15, -0.1) is 6.42 Å². The van der Waals surface area contributed by atoms with E-state index in [1.165, 1.54) is 17.0 Å². The molecule has 8 nitrogen and oxygen atoms in total. The number of phenolic OH excluding ortho intramolecular Hbond substituents is 1. The van der Waals surface area contributed by atoms with Gasteiger partial charge in [-0.25, -0.2) is 4.79 Å². The average Bonchev–Trinajstić information content (AvgIpc) is 2.90. The highest BCUT2D eigenvalue weighted by atomic mass is 16.6. The van der Waals surface area contributed by atoms with Gasteiger partial charge in [-0.3, -0.25) is 9.59 Å². The third-order valence-electron chi connectivity index (χ3n) is 6.73. The lowest BCUT2D eigenvalue weighted by molar-refractivity contribution is -0.145. The van der Waals surface area contributed by atoms with Crippen LogP contribution in [0.1, 0.15) is 90.5 Å². The molecule has 0 aliphatic rings. The number of hydrogen-bond donors (Lipinski definition) is 3. The van der Waals surface area contributed by atoms with Gasteiger partial charge in [0.25, 0.3) is 0 Å². The van der Waals surface area contributed by atoms with Crippen molar-refractivity contribution in [1.82, 2.24) is 15.5 Å². The molecule has 0 fully saturated rings. The number of carbonyl (C=O) groups excluding carboxylic acids is 3. The molecule has 3 amide bonds. The molecule has 2 aromatic carbocycles. The van der Waals surface area contributed by atoms with Gasteiger partial charge in [0.15, 0.2) is 0 Å². The quantitative estimate of drug-likeness (QED) is 0.296. The minimum absolute atomic E-state index is 0.0850. The van der Waals surface area contributed by atoms with Crippen LogP contribution in [-0.2, 0) is 20.7 Å². The van der Waals surface area contributed by atoms with E-state index >= 15 is 0 Å². The summed E-state index contributed by atoms with van der Waals surface area (Å²) in [6.07, 6.45) is 7.42. The minimum Gasteiger partial charge on any atom is -0.508 e. The predicted molar refractivity (Wildman–Crippen MR) is 161 cm³/mol. The van der Waals surface area contributed by atoms with Crippen LogP contribution in [0, 0.1) is 12.3 Å². The second kappa shape index (κ2) is 15.1. The number of benzene rings is 2. The van der Waals surface area contributed by atoms with Crippen LogP contribution in [0.25, 0.3) is 0 Å². The Hall–Kier alpha value is -3.99. The summed E-state index contributed by atoms with van der Waals surface area (Å²) in [7, 11) is 0. The molecule has 0 spiro atoms. The van der Waals surface area contributed by atoms with E-state index in [0.29, 0.717) is 23.1 Å². The molecular weight excluding hydrogens is 518 g/mol. The number of alkyl carbamates (subject to hydrolysis) is 1. The minimum atomic E-state index is -1.07. The molecule has 0 aliphatic heterocycles. The van der Waals surface area contributed by atoms with E-state index in [1.54, 1.807) is 57.2 Å². The summed E-state index contributed by atoms with van der Waals surface area (Å²) in [4.78, 5) is 43.0. The average molecular weight is 564 g/mol. The van der Waals surface area contributed by atoms with Crippen LogP contribution in [0.15, 0.2) is 48.5 Å². The number of hydrogen-bond acceptors (Lipinski definition) is 5. The molecule has 0 bridgehead atoms. The highest BCUT2D eigenvalue weighted by Gasteiger charge is 2.39. The number of aromatic hydroxyl groups is 1. The summed E-state index contributed by atoms with van der Waals surface area (Å²) < 4.78 is 5.48. The molecule has 0 aromatic heterocycles. The number of terminal acetylenes is 1. The van der Waals surface area contributed by atoms with Crippen LogP contribution < -0.4 is 10.6 Å². The number of amides is 3. The van der Waals surface area contributed by atoms with Gasteiger partial charge in [-0.05, 0) is 76.8 Å². The normalized spacial score (nSPS) is 14.1. The van der Waals surface area contributed by atoms with Crippen molar-refractivity contribution >= 4 is 17.9 Å². The van der Waals surface area contributed by atoms with Gasteiger partial charge in [-0.1, -0.05) is 56.5 Å². The van der Waals surface area contributed by atoms with Crippen LogP contribution in [0.4, 0.5) is 4.79 Å². The fraction of sp³-hybridized carbons (Fsp3) is 0.485. The van der Waals surface area contributed by atoms with Gasteiger partial charge in [0.05, 0.1) is 0 Å². The Kier molecular flexibility index (Phi) is 12.3. The summed E-state index contributed by atoms with van der Waals surface area (Å²) in [6.45, 7) is 13.0. The van der Waals surface area contributed by atoms with Crippen molar-refractivity contribution in [3.05, 3.63) is 65.2 Å². The van der Waals surface area contributed by atoms with Crippen molar-refractivity contribution in [3.63, 3.8) is 0 Å². The first-order valence-corrected chi connectivity index (χ1v) is 14.3. The molecule has 0 heterocycles. The smallest absolute Gasteiger partial charge is 0.408 e. The summed E-state index contributed by atoms with van der Waals surface area (Å²) >= 11 is 0. The van der Waals surface area contributed by atoms with E-state index in [2.05, 4.69) is 16.6 Å². The molecule has 0 saturated carbocycles. The highest BCUT2D eigenvalue weighted by Crippen LogP contribution is 2.29. The summed E-state index contributed by atoms with van der Waals surface area (Å²) in [5.74, 6) is 1.95. The molecule has 4 unspecified atom stereocenters. The van der Waals surface area contributed by atoms with E-state index in [-0.39, 0.29) is 30.2 Å². The highest BCUT2D eigenvalue weighted by molar-refractivity contribution is 5.93. The fourth-order valence-corrected chi connectivity index (χ4v) is 4.60. The molecule has 0 saturated heterocycles. The van der Waals surface area contributed by atoms with Crippen molar-refractivity contribution in [2.45, 2.75) is 104 Å². The maximum Gasteiger partial charge on any atom is 0.408 e. The Labute approximate surface area is 244 Å². The number of rotatable bonds is 12. The van der Waals surface area contributed by atoms with Crippen LogP contribution in [0.5, 0.6) is 5.75 Å². The molecule has 2 rings (SSSR count). The summed E-state index contributed by atoms with van der Waals surface area (Å²) in [5, 5.41) is 15.6. The predicted octanol–water partition coefficient (Wildman–Crippen LogP) is 5.48. The van der Waals surface area contributed by atoms with Crippen LogP contribution in [0.2, 0.25) is 0 Å². The van der Waals surface area contributed by atoms with Crippen molar-refractivity contribution in [1.29, 1.82) is 0 Å². The second-order valence-corrected chi connectivity index (χ2v) is 11.4. The lowest BCUT2D eigenvalue weighted by atomic mass is 9.94. The molecular formula is C33H45N3O5. The van der Waals surface area contributed by atoms with Gasteiger partial charge < -0.3 is 25.4 Å². The Morgan fingerprint density at radius 1 is 1.02 bits per heavy atom. The lowest BCUT2D eigenvalue weighted by Crippen LogP contribution is -2.56. The van der Waals surface area contributed by atoms with Crippen molar-refractivity contribution in [2.24, 2.45) is 0 Å². The first-order chi connectivity index (χ1) is 19.3. The lowest BCUT2D eigenvalue weighted by Gasteiger charge is -2.39. The van der Waals surface area contributed by atoms with Gasteiger partial charge >= 0.3 is 6.09 Å². The molecule has 0 radical (unpaired) electrons. The van der Waals surface area contributed by atoms with E-state index in [9.17, 15) is 19.5 Å². The van der Waals surface area contributed by atoms with Gasteiger partial charge in [0.1, 0.15) is 23.4 Å². The van der Waals surface area contributed by atoms with Crippen molar-refractivity contribution in [3.8, 4) is 18.1 Å². The molecule has 2 aromatic rings.